The van der Waals surface area contributed by atoms with Crippen molar-refractivity contribution in [2.75, 3.05) is 46.6 Å². The summed E-state index contributed by atoms with van der Waals surface area (Å²) in [5.74, 6) is 0. The molecule has 0 amide bonds. The van der Waals surface area contributed by atoms with Crippen molar-refractivity contribution >= 4 is 7.05 Å². The molecule has 0 aliphatic heterocycles. The van der Waals surface area contributed by atoms with Crippen molar-refractivity contribution < 1.29 is 14.5 Å². The monoisotopic (exact) mass is 204 g/mol. The molecular weight excluding hydrogens is 183 g/mol. The van der Waals surface area contributed by atoms with Gasteiger partial charge in [0.1, 0.15) is 0 Å². The van der Waals surface area contributed by atoms with Gasteiger partial charge >= 0.3 is 7.05 Å². The van der Waals surface area contributed by atoms with E-state index in [1.807, 2.05) is 7.05 Å². The Labute approximate surface area is 86.3 Å². The van der Waals surface area contributed by atoms with Gasteiger partial charge in [-0.1, -0.05) is 0 Å². The van der Waals surface area contributed by atoms with Gasteiger partial charge in [0, 0.05) is 13.1 Å². The fraction of sp³-hybridized carbons (Fsp3) is 1.00. The fourth-order valence-electron chi connectivity index (χ4n) is 0.801. The first-order valence-corrected chi connectivity index (χ1v) is 4.92. The molecule has 0 aromatic heterocycles. The predicted octanol–water partition coefficient (Wildman–Crippen LogP) is -0.980. The van der Waals surface area contributed by atoms with Crippen molar-refractivity contribution in [3.8, 4) is 0 Å². The molecule has 0 atom stereocenters. The van der Waals surface area contributed by atoms with Crippen LogP contribution in [0.5, 0.6) is 0 Å². The Morgan fingerprint density at radius 1 is 1.21 bits per heavy atom. The highest BCUT2D eigenvalue weighted by atomic mass is 16.5. The summed E-state index contributed by atoms with van der Waals surface area (Å²) in [5, 5.41) is 9.13. The second kappa shape index (κ2) is 9.42. The van der Waals surface area contributed by atoms with Gasteiger partial charge in [0.2, 0.25) is 0 Å². The first kappa shape index (κ1) is 13.9. The molecule has 6 heteroatoms. The first-order valence-electron chi connectivity index (χ1n) is 4.92. The molecule has 3 N–H and O–H groups in total. The van der Waals surface area contributed by atoms with E-state index in [-0.39, 0.29) is 0 Å². The highest BCUT2D eigenvalue weighted by Gasteiger charge is 2.09. The van der Waals surface area contributed by atoms with E-state index in [1.165, 1.54) is 0 Å². The Balaban J connectivity index is 3.06. The molecule has 0 spiro atoms. The van der Waals surface area contributed by atoms with Gasteiger partial charge in [0.15, 0.2) is 0 Å². The molecule has 0 radical (unpaired) electrons. The van der Waals surface area contributed by atoms with Crippen LogP contribution in [0.3, 0.4) is 0 Å². The van der Waals surface area contributed by atoms with Crippen molar-refractivity contribution in [1.29, 1.82) is 0 Å². The normalized spacial score (nSPS) is 10.9. The topological polar surface area (TPSA) is 68.0 Å². The van der Waals surface area contributed by atoms with Gasteiger partial charge in [-0.15, -0.1) is 0 Å². The van der Waals surface area contributed by atoms with E-state index in [9.17, 15) is 0 Å². The third kappa shape index (κ3) is 8.46. The molecule has 0 aromatic carbocycles. The van der Waals surface area contributed by atoms with Crippen molar-refractivity contribution in [3.63, 3.8) is 0 Å². The molecule has 0 bridgehead atoms. The van der Waals surface area contributed by atoms with Gasteiger partial charge in [-0.3, -0.25) is 0 Å². The van der Waals surface area contributed by atoms with E-state index in [0.29, 0.717) is 39.5 Å². The van der Waals surface area contributed by atoms with Gasteiger partial charge < -0.3 is 25.0 Å². The Kier molecular flexibility index (Phi) is 9.33. The van der Waals surface area contributed by atoms with Crippen molar-refractivity contribution in [3.05, 3.63) is 0 Å². The molecule has 5 nitrogen and oxygen atoms in total. The zero-order chi connectivity index (χ0) is 10.8. The van der Waals surface area contributed by atoms with Crippen LogP contribution in [0.4, 0.5) is 0 Å². The maximum Gasteiger partial charge on any atom is 0.376 e. The van der Waals surface area contributed by atoms with Crippen molar-refractivity contribution in [2.45, 2.75) is 6.82 Å². The lowest BCUT2D eigenvalue weighted by molar-refractivity contribution is 0.0475. The van der Waals surface area contributed by atoms with Crippen LogP contribution in [0.25, 0.3) is 0 Å². The smallest absolute Gasteiger partial charge is 0.376 e. The van der Waals surface area contributed by atoms with Crippen molar-refractivity contribution in [2.24, 2.45) is 5.73 Å². The summed E-state index contributed by atoms with van der Waals surface area (Å²) >= 11 is 0. The minimum Gasteiger partial charge on any atom is -0.437 e. The summed E-state index contributed by atoms with van der Waals surface area (Å²) < 4.78 is 10.4. The highest BCUT2D eigenvalue weighted by molar-refractivity contribution is 6.45. The molecule has 0 saturated carbocycles. The van der Waals surface area contributed by atoms with Gasteiger partial charge in [0.05, 0.1) is 26.4 Å². The molecule has 0 saturated heterocycles. The van der Waals surface area contributed by atoms with E-state index in [4.69, 9.17) is 20.2 Å². The van der Waals surface area contributed by atoms with Crippen LogP contribution in [0.2, 0.25) is 6.82 Å². The van der Waals surface area contributed by atoms with Gasteiger partial charge in [-0.25, -0.2) is 0 Å². The van der Waals surface area contributed by atoms with Gasteiger partial charge in [0.25, 0.3) is 0 Å². The largest absolute Gasteiger partial charge is 0.437 e. The molecule has 0 aromatic rings. The predicted molar refractivity (Wildman–Crippen MR) is 57.2 cm³/mol. The summed E-state index contributed by atoms with van der Waals surface area (Å²) in [6.07, 6.45) is 0. The van der Waals surface area contributed by atoms with Crippen molar-refractivity contribution in [1.82, 2.24) is 4.81 Å². The maximum absolute atomic E-state index is 9.13. The molecule has 0 fully saturated rings. The molecule has 0 heterocycles. The van der Waals surface area contributed by atoms with E-state index in [2.05, 4.69) is 0 Å². The fourth-order valence-corrected chi connectivity index (χ4v) is 0.801. The number of likely N-dealkylation sites (N-methyl/N-ethyl adjacent to an activating group) is 1. The lowest BCUT2D eigenvalue weighted by Gasteiger charge is -2.16. The molecule has 0 rings (SSSR count). The lowest BCUT2D eigenvalue weighted by Crippen LogP contribution is -2.36. The van der Waals surface area contributed by atoms with Crippen LogP contribution in [0.15, 0.2) is 0 Å². The van der Waals surface area contributed by atoms with Gasteiger partial charge in [-0.05, 0) is 13.9 Å². The van der Waals surface area contributed by atoms with Crippen LogP contribution in [-0.2, 0) is 9.47 Å². The van der Waals surface area contributed by atoms with E-state index in [1.54, 1.807) is 11.6 Å². The number of hydrogen-bond donors (Lipinski definition) is 2. The Bertz CT molecular complexity index is 127. The zero-order valence-corrected chi connectivity index (χ0v) is 9.11. The molecule has 0 aliphatic rings. The average molecular weight is 204 g/mol. The summed E-state index contributed by atoms with van der Waals surface area (Å²) in [6.45, 7) is 5.33. The summed E-state index contributed by atoms with van der Waals surface area (Å²) in [4.78, 5) is 1.81. The molecule has 0 unspecified atom stereocenters. The zero-order valence-electron chi connectivity index (χ0n) is 9.11. The number of rotatable bonds is 9. The van der Waals surface area contributed by atoms with E-state index >= 15 is 0 Å². The Morgan fingerprint density at radius 3 is 2.29 bits per heavy atom. The number of hydrogen-bond acceptors (Lipinski definition) is 5. The quantitative estimate of drug-likeness (QED) is 0.373. The third-order valence-corrected chi connectivity index (χ3v) is 1.86. The van der Waals surface area contributed by atoms with Crippen LogP contribution < -0.4 is 5.73 Å². The number of nitrogens with two attached hydrogens (primary N) is 1. The number of nitrogens with zero attached hydrogens (tertiary/aromatic N) is 1. The van der Waals surface area contributed by atoms with Crippen LogP contribution in [0, 0.1) is 0 Å². The molecule has 0 aliphatic carbocycles. The Morgan fingerprint density at radius 2 is 1.79 bits per heavy atom. The maximum atomic E-state index is 9.13. The van der Waals surface area contributed by atoms with E-state index in [0.717, 1.165) is 0 Å². The highest BCUT2D eigenvalue weighted by Crippen LogP contribution is 1.86. The summed E-state index contributed by atoms with van der Waals surface area (Å²) in [5.41, 5.74) is 5.24. The van der Waals surface area contributed by atoms with Crippen LogP contribution >= 0.6 is 0 Å². The summed E-state index contributed by atoms with van der Waals surface area (Å²) in [7, 11) is 1.42. The second-order valence-corrected chi connectivity index (χ2v) is 3.13. The van der Waals surface area contributed by atoms with E-state index < -0.39 is 7.05 Å². The first-order chi connectivity index (χ1) is 6.68. The minimum atomic E-state index is -0.424. The SMILES string of the molecule is CB(O)N(C)CCOCCOCCN. The number of ether oxygens (including phenoxy) is 2. The molecule has 14 heavy (non-hydrogen) atoms. The van der Waals surface area contributed by atoms with Crippen LogP contribution in [-0.4, -0.2) is 63.5 Å². The second-order valence-electron chi connectivity index (χ2n) is 3.13. The minimum absolute atomic E-state index is 0.424. The third-order valence-electron chi connectivity index (χ3n) is 1.86. The standard InChI is InChI=1S/C8H21BN2O3/c1-9(12)11(2)4-6-14-8-7-13-5-3-10/h12H,3-8,10H2,1-2H3. The molecular formula is C8H21BN2O3. The van der Waals surface area contributed by atoms with Crippen LogP contribution in [0.1, 0.15) is 0 Å². The Hall–Kier alpha value is -0.135. The average Bonchev–Trinajstić information content (AvgIpc) is 2.16. The van der Waals surface area contributed by atoms with Gasteiger partial charge in [-0.2, -0.15) is 0 Å². The summed E-state index contributed by atoms with van der Waals surface area (Å²) in [6, 6.07) is 0. The molecule has 84 valence electrons. The lowest BCUT2D eigenvalue weighted by atomic mass is 9.86.